The van der Waals surface area contributed by atoms with Gasteiger partial charge in [-0.05, 0) is 18.2 Å². The lowest BCUT2D eigenvalue weighted by molar-refractivity contribution is 0.322. The predicted octanol–water partition coefficient (Wildman–Crippen LogP) is 2.40. The quantitative estimate of drug-likeness (QED) is 0.438. The summed E-state index contributed by atoms with van der Waals surface area (Å²) in [5.74, 6) is -0.366. The second kappa shape index (κ2) is 3.48. The van der Waals surface area contributed by atoms with Gasteiger partial charge < -0.3 is 5.21 Å². The molecule has 4 heteroatoms. The van der Waals surface area contributed by atoms with Gasteiger partial charge in [0.2, 0.25) is 0 Å². The van der Waals surface area contributed by atoms with Crippen LogP contribution in [0.15, 0.2) is 27.8 Å². The summed E-state index contributed by atoms with van der Waals surface area (Å²) in [6.45, 7) is 0. The van der Waals surface area contributed by atoms with Gasteiger partial charge in [0, 0.05) is 10.0 Å². The maximum Gasteiger partial charge on any atom is 0.124 e. The molecule has 0 fully saturated rings. The van der Waals surface area contributed by atoms with Gasteiger partial charge in [0.15, 0.2) is 0 Å². The van der Waals surface area contributed by atoms with Gasteiger partial charge in [-0.2, -0.15) is 0 Å². The summed E-state index contributed by atoms with van der Waals surface area (Å²) in [6.07, 6.45) is 1.16. The Balaban J connectivity index is 3.08. The van der Waals surface area contributed by atoms with E-state index in [1.54, 1.807) is 6.07 Å². The van der Waals surface area contributed by atoms with E-state index in [0.717, 1.165) is 6.21 Å². The van der Waals surface area contributed by atoms with Crippen LogP contribution in [0.5, 0.6) is 0 Å². The van der Waals surface area contributed by atoms with E-state index in [0.29, 0.717) is 10.0 Å². The van der Waals surface area contributed by atoms with Crippen LogP contribution in [0.25, 0.3) is 0 Å². The van der Waals surface area contributed by atoms with Crippen LogP contribution in [0, 0.1) is 5.82 Å². The predicted molar refractivity (Wildman–Crippen MR) is 43.5 cm³/mol. The first-order valence-corrected chi connectivity index (χ1v) is 3.65. The minimum atomic E-state index is -0.366. The molecule has 0 unspecified atom stereocenters. The highest BCUT2D eigenvalue weighted by atomic mass is 79.9. The Labute approximate surface area is 71.5 Å². The molecule has 1 rings (SSSR count). The summed E-state index contributed by atoms with van der Waals surface area (Å²) in [7, 11) is 0. The highest BCUT2D eigenvalue weighted by Crippen LogP contribution is 2.13. The van der Waals surface area contributed by atoms with Crippen molar-refractivity contribution in [3.8, 4) is 0 Å². The molecule has 0 saturated heterocycles. The number of rotatable bonds is 1. The molecule has 11 heavy (non-hydrogen) atoms. The van der Waals surface area contributed by atoms with Crippen molar-refractivity contribution < 1.29 is 9.60 Å². The smallest absolute Gasteiger partial charge is 0.124 e. The normalized spacial score (nSPS) is 10.7. The van der Waals surface area contributed by atoms with Gasteiger partial charge in [-0.15, -0.1) is 0 Å². The molecular weight excluding hydrogens is 213 g/mol. The Bertz CT molecular complexity index is 268. The zero-order valence-electron chi connectivity index (χ0n) is 5.46. The molecule has 1 N–H and O–H groups in total. The minimum absolute atomic E-state index is 0.366. The van der Waals surface area contributed by atoms with Gasteiger partial charge in [-0.25, -0.2) is 4.39 Å². The lowest BCUT2D eigenvalue weighted by Crippen LogP contribution is -1.83. The van der Waals surface area contributed by atoms with Crippen LogP contribution in [0.2, 0.25) is 0 Å². The van der Waals surface area contributed by atoms with Gasteiger partial charge >= 0.3 is 0 Å². The second-order valence-electron chi connectivity index (χ2n) is 1.95. The van der Waals surface area contributed by atoms with Crippen molar-refractivity contribution >= 4 is 22.1 Å². The van der Waals surface area contributed by atoms with Crippen molar-refractivity contribution in [3.05, 3.63) is 34.1 Å². The summed E-state index contributed by atoms with van der Waals surface area (Å²) in [4.78, 5) is 0. The van der Waals surface area contributed by atoms with Crippen LogP contribution in [0.3, 0.4) is 0 Å². The fourth-order valence-corrected chi connectivity index (χ4v) is 1.20. The van der Waals surface area contributed by atoms with E-state index in [1.807, 2.05) is 0 Å². The Morgan fingerprint density at radius 3 is 2.73 bits per heavy atom. The molecule has 0 bridgehead atoms. The fraction of sp³-hybridized carbons (Fsp3) is 0. The second-order valence-corrected chi connectivity index (χ2v) is 2.86. The number of halogens is 2. The van der Waals surface area contributed by atoms with Crippen LogP contribution in [0.1, 0.15) is 5.56 Å². The molecular formula is C7H5BrFNO. The zero-order chi connectivity index (χ0) is 8.27. The Kier molecular flexibility index (Phi) is 2.59. The van der Waals surface area contributed by atoms with Gasteiger partial charge in [0.25, 0.3) is 0 Å². The SMILES string of the molecule is ON=Cc1cc(F)cc(Br)c1. The third kappa shape index (κ3) is 2.31. The van der Waals surface area contributed by atoms with E-state index in [1.165, 1.54) is 12.1 Å². The molecule has 0 aliphatic carbocycles. The van der Waals surface area contributed by atoms with Crippen LogP contribution >= 0.6 is 15.9 Å². The molecule has 0 atom stereocenters. The first-order valence-electron chi connectivity index (χ1n) is 2.86. The Morgan fingerprint density at radius 2 is 2.18 bits per heavy atom. The fourth-order valence-electron chi connectivity index (χ4n) is 0.716. The summed E-state index contributed by atoms with van der Waals surface area (Å²) < 4.78 is 13.2. The maximum absolute atomic E-state index is 12.6. The summed E-state index contributed by atoms with van der Waals surface area (Å²) >= 11 is 3.10. The van der Waals surface area contributed by atoms with Crippen LogP contribution in [0.4, 0.5) is 4.39 Å². The topological polar surface area (TPSA) is 32.6 Å². The van der Waals surface area contributed by atoms with Crippen molar-refractivity contribution in [1.29, 1.82) is 0 Å². The highest BCUT2D eigenvalue weighted by Gasteiger charge is 1.95. The number of nitrogens with zero attached hydrogens (tertiary/aromatic N) is 1. The summed E-state index contributed by atoms with van der Waals surface area (Å²) in [6, 6.07) is 4.24. The first-order chi connectivity index (χ1) is 5.22. The molecule has 1 aromatic rings. The molecule has 0 heterocycles. The first kappa shape index (κ1) is 8.20. The minimum Gasteiger partial charge on any atom is -0.411 e. The van der Waals surface area contributed by atoms with Crippen LogP contribution in [-0.4, -0.2) is 11.4 Å². The van der Waals surface area contributed by atoms with Gasteiger partial charge in [0.1, 0.15) is 5.82 Å². The zero-order valence-corrected chi connectivity index (χ0v) is 7.05. The van der Waals surface area contributed by atoms with Crippen molar-refractivity contribution in [3.63, 3.8) is 0 Å². The van der Waals surface area contributed by atoms with Gasteiger partial charge in [-0.1, -0.05) is 21.1 Å². The number of oxime groups is 1. The maximum atomic E-state index is 12.6. The van der Waals surface area contributed by atoms with E-state index in [-0.39, 0.29) is 5.82 Å². The molecule has 0 aliphatic heterocycles. The number of benzene rings is 1. The van der Waals surface area contributed by atoms with Crippen molar-refractivity contribution in [2.75, 3.05) is 0 Å². The standard InChI is InChI=1S/C7H5BrFNO/c8-6-1-5(4-10-11)2-7(9)3-6/h1-4,11H. The average molecular weight is 218 g/mol. The van der Waals surface area contributed by atoms with E-state index < -0.39 is 0 Å². The van der Waals surface area contributed by atoms with Crippen molar-refractivity contribution in [2.24, 2.45) is 5.16 Å². The monoisotopic (exact) mass is 217 g/mol. The molecule has 58 valence electrons. The molecule has 2 nitrogen and oxygen atoms in total. The average Bonchev–Trinajstić information content (AvgIpc) is 1.85. The molecule has 0 radical (unpaired) electrons. The lowest BCUT2D eigenvalue weighted by Gasteiger charge is -1.93. The molecule has 0 amide bonds. The van der Waals surface area contributed by atoms with Gasteiger partial charge in [-0.3, -0.25) is 0 Å². The highest BCUT2D eigenvalue weighted by molar-refractivity contribution is 9.10. The third-order valence-corrected chi connectivity index (χ3v) is 1.55. The van der Waals surface area contributed by atoms with Gasteiger partial charge in [0.05, 0.1) is 6.21 Å². The molecule has 0 aliphatic rings. The van der Waals surface area contributed by atoms with E-state index in [4.69, 9.17) is 5.21 Å². The molecule has 0 saturated carbocycles. The Morgan fingerprint density at radius 1 is 1.45 bits per heavy atom. The van der Waals surface area contributed by atoms with E-state index in [2.05, 4.69) is 21.1 Å². The number of hydrogen-bond donors (Lipinski definition) is 1. The summed E-state index contributed by atoms with van der Waals surface area (Å²) in [5, 5.41) is 10.9. The van der Waals surface area contributed by atoms with E-state index in [9.17, 15) is 4.39 Å². The number of hydrogen-bond acceptors (Lipinski definition) is 2. The van der Waals surface area contributed by atoms with Crippen molar-refractivity contribution in [1.82, 2.24) is 0 Å². The molecule has 0 aromatic heterocycles. The van der Waals surface area contributed by atoms with Crippen LogP contribution < -0.4 is 0 Å². The van der Waals surface area contributed by atoms with Crippen LogP contribution in [-0.2, 0) is 0 Å². The van der Waals surface area contributed by atoms with Crippen molar-refractivity contribution in [2.45, 2.75) is 0 Å². The molecule has 0 spiro atoms. The largest absolute Gasteiger partial charge is 0.411 e. The van der Waals surface area contributed by atoms with E-state index >= 15 is 0 Å². The third-order valence-electron chi connectivity index (χ3n) is 1.09. The lowest BCUT2D eigenvalue weighted by atomic mass is 10.2. The molecule has 1 aromatic carbocycles. The summed E-state index contributed by atoms with van der Waals surface area (Å²) in [5.41, 5.74) is 0.513. The Hall–Kier alpha value is -0.900.